The summed E-state index contributed by atoms with van der Waals surface area (Å²) < 4.78 is 6.96. The van der Waals surface area contributed by atoms with Crippen molar-refractivity contribution < 1.29 is 19.1 Å². The number of Topliss-reactive ketones (excluding diaryl/α,β-unsaturated/α-hetero) is 1. The van der Waals surface area contributed by atoms with E-state index in [-0.39, 0.29) is 24.0 Å². The molecule has 1 N–H and O–H groups in total. The van der Waals surface area contributed by atoms with Crippen molar-refractivity contribution in [2.75, 3.05) is 30.5 Å². The maximum Gasteiger partial charge on any atom is 0.253 e. The van der Waals surface area contributed by atoms with Gasteiger partial charge in [0.1, 0.15) is 6.04 Å². The van der Waals surface area contributed by atoms with Crippen molar-refractivity contribution in [3.8, 4) is 0 Å². The van der Waals surface area contributed by atoms with E-state index in [9.17, 15) is 14.4 Å². The van der Waals surface area contributed by atoms with Crippen molar-refractivity contribution >= 4 is 40.3 Å². The van der Waals surface area contributed by atoms with Gasteiger partial charge in [-0.1, -0.05) is 12.1 Å². The molecule has 2 aromatic carbocycles. The number of aromatic nitrogens is 2. The molecule has 1 unspecified atom stereocenters. The second-order valence-corrected chi connectivity index (χ2v) is 7.51. The Labute approximate surface area is 179 Å². The number of para-hydroxylation sites is 2. The number of fused-ring (bicyclic) bond motifs is 3. The van der Waals surface area contributed by atoms with Gasteiger partial charge in [0.15, 0.2) is 5.78 Å². The number of amides is 2. The van der Waals surface area contributed by atoms with Crippen LogP contribution in [-0.4, -0.2) is 47.4 Å². The highest BCUT2D eigenvalue weighted by Crippen LogP contribution is 2.36. The molecule has 0 aliphatic carbocycles. The average molecular weight is 420 g/mol. The van der Waals surface area contributed by atoms with Crippen molar-refractivity contribution in [3.63, 3.8) is 0 Å². The van der Waals surface area contributed by atoms with Gasteiger partial charge < -0.3 is 10.1 Å². The molecule has 0 fully saturated rings. The summed E-state index contributed by atoms with van der Waals surface area (Å²) in [5, 5.41) is 2.82. The molecule has 31 heavy (non-hydrogen) atoms. The SMILES string of the molecule is COCCCN1C(=O)C(CC(=O)Nc2ccc(C(C)=O)cc2)n2c1nc1ccccc12. The van der Waals surface area contributed by atoms with E-state index in [1.165, 1.54) is 6.92 Å². The molecule has 1 aliphatic rings. The summed E-state index contributed by atoms with van der Waals surface area (Å²) in [6, 6.07) is 13.6. The van der Waals surface area contributed by atoms with Crippen LogP contribution in [0.25, 0.3) is 11.0 Å². The lowest BCUT2D eigenvalue weighted by atomic mass is 10.1. The molecule has 0 saturated carbocycles. The standard InChI is InChI=1S/C23H24N4O4/c1-15(28)16-8-10-17(11-9-16)24-21(29)14-20-22(30)26(12-5-13-31-2)23-25-18-6-3-4-7-19(18)27(20)23/h3-4,6-11,20H,5,12-14H2,1-2H3,(H,24,29). The summed E-state index contributed by atoms with van der Waals surface area (Å²) in [5.74, 6) is 0.0938. The van der Waals surface area contributed by atoms with E-state index in [1.54, 1.807) is 36.3 Å². The zero-order valence-corrected chi connectivity index (χ0v) is 17.5. The van der Waals surface area contributed by atoms with Crippen molar-refractivity contribution in [3.05, 3.63) is 54.1 Å². The Morgan fingerprint density at radius 3 is 2.58 bits per heavy atom. The number of anilines is 2. The van der Waals surface area contributed by atoms with Gasteiger partial charge in [-0.25, -0.2) is 4.98 Å². The summed E-state index contributed by atoms with van der Waals surface area (Å²) in [6.07, 6.45) is 0.661. The molecule has 0 saturated heterocycles. The Balaban J connectivity index is 1.56. The second kappa shape index (κ2) is 8.69. The van der Waals surface area contributed by atoms with Gasteiger partial charge in [-0.2, -0.15) is 0 Å². The first-order valence-corrected chi connectivity index (χ1v) is 10.2. The number of carbonyl (C=O) groups excluding carboxylic acids is 3. The molecule has 160 valence electrons. The maximum absolute atomic E-state index is 13.2. The number of hydrogen-bond donors (Lipinski definition) is 1. The molecule has 4 rings (SSSR count). The van der Waals surface area contributed by atoms with Crippen molar-refractivity contribution in [2.24, 2.45) is 0 Å². The second-order valence-electron chi connectivity index (χ2n) is 7.51. The first kappa shape index (κ1) is 20.7. The van der Waals surface area contributed by atoms with E-state index < -0.39 is 6.04 Å². The smallest absolute Gasteiger partial charge is 0.253 e. The molecule has 1 aliphatic heterocycles. The molecule has 0 radical (unpaired) electrons. The normalized spacial score (nSPS) is 15.4. The lowest BCUT2D eigenvalue weighted by Crippen LogP contribution is -2.32. The Bertz CT molecular complexity index is 1140. The highest BCUT2D eigenvalue weighted by atomic mass is 16.5. The summed E-state index contributed by atoms with van der Waals surface area (Å²) in [7, 11) is 1.62. The fourth-order valence-corrected chi connectivity index (χ4v) is 3.85. The molecule has 1 atom stereocenters. The van der Waals surface area contributed by atoms with Crippen LogP contribution >= 0.6 is 0 Å². The Hall–Kier alpha value is -3.52. The number of carbonyl (C=O) groups is 3. The van der Waals surface area contributed by atoms with Crippen LogP contribution in [0.1, 0.15) is 36.2 Å². The molecule has 0 bridgehead atoms. The third-order valence-electron chi connectivity index (χ3n) is 5.37. The van der Waals surface area contributed by atoms with E-state index in [4.69, 9.17) is 4.74 Å². The number of benzene rings is 2. The molecule has 2 amide bonds. The molecule has 8 heteroatoms. The van der Waals surface area contributed by atoms with Crippen LogP contribution < -0.4 is 10.2 Å². The van der Waals surface area contributed by atoms with E-state index in [0.717, 1.165) is 11.0 Å². The van der Waals surface area contributed by atoms with Crippen LogP contribution in [0.3, 0.4) is 0 Å². The van der Waals surface area contributed by atoms with Crippen LogP contribution in [0, 0.1) is 0 Å². The number of ether oxygens (including phenoxy) is 1. The number of nitrogens with zero attached hydrogens (tertiary/aromatic N) is 3. The average Bonchev–Trinajstić information content (AvgIpc) is 3.24. The third-order valence-corrected chi connectivity index (χ3v) is 5.37. The Kier molecular flexibility index (Phi) is 5.81. The predicted octanol–water partition coefficient (Wildman–Crippen LogP) is 3.19. The highest BCUT2D eigenvalue weighted by molar-refractivity contribution is 6.05. The van der Waals surface area contributed by atoms with Gasteiger partial charge in [0.25, 0.3) is 5.91 Å². The van der Waals surface area contributed by atoms with Crippen LogP contribution in [0.4, 0.5) is 11.6 Å². The fourth-order valence-electron chi connectivity index (χ4n) is 3.85. The summed E-state index contributed by atoms with van der Waals surface area (Å²) in [5.41, 5.74) is 2.76. The van der Waals surface area contributed by atoms with E-state index >= 15 is 0 Å². The number of methoxy groups -OCH3 is 1. The summed E-state index contributed by atoms with van der Waals surface area (Å²) >= 11 is 0. The number of ketones is 1. The monoisotopic (exact) mass is 420 g/mol. The molecule has 0 spiro atoms. The molecule has 3 aromatic rings. The van der Waals surface area contributed by atoms with Crippen LogP contribution in [0.2, 0.25) is 0 Å². The predicted molar refractivity (Wildman–Crippen MR) is 117 cm³/mol. The van der Waals surface area contributed by atoms with Crippen LogP contribution in [0.5, 0.6) is 0 Å². The lowest BCUT2D eigenvalue weighted by molar-refractivity contribution is -0.124. The Morgan fingerprint density at radius 1 is 1.13 bits per heavy atom. The van der Waals surface area contributed by atoms with E-state index in [2.05, 4.69) is 10.3 Å². The van der Waals surface area contributed by atoms with Crippen molar-refractivity contribution in [1.29, 1.82) is 0 Å². The van der Waals surface area contributed by atoms with Gasteiger partial charge >= 0.3 is 0 Å². The van der Waals surface area contributed by atoms with Gasteiger partial charge in [-0.15, -0.1) is 0 Å². The number of nitrogens with one attached hydrogen (secondary N) is 1. The topological polar surface area (TPSA) is 93.5 Å². The van der Waals surface area contributed by atoms with E-state index in [1.807, 2.05) is 28.8 Å². The number of hydrogen-bond acceptors (Lipinski definition) is 5. The first-order chi connectivity index (χ1) is 15.0. The zero-order valence-electron chi connectivity index (χ0n) is 17.5. The van der Waals surface area contributed by atoms with Crippen molar-refractivity contribution in [2.45, 2.75) is 25.8 Å². The first-order valence-electron chi connectivity index (χ1n) is 10.2. The molecular formula is C23H24N4O4. The zero-order chi connectivity index (χ0) is 22.0. The van der Waals surface area contributed by atoms with Gasteiger partial charge in [0.2, 0.25) is 11.9 Å². The van der Waals surface area contributed by atoms with Crippen LogP contribution in [0.15, 0.2) is 48.5 Å². The van der Waals surface area contributed by atoms with Gasteiger partial charge in [0, 0.05) is 31.5 Å². The van der Waals surface area contributed by atoms with Crippen molar-refractivity contribution in [1.82, 2.24) is 9.55 Å². The number of imidazole rings is 1. The largest absolute Gasteiger partial charge is 0.385 e. The molecule has 2 heterocycles. The van der Waals surface area contributed by atoms with Crippen LogP contribution in [-0.2, 0) is 14.3 Å². The number of rotatable bonds is 8. The minimum absolute atomic E-state index is 0.0125. The molecular weight excluding hydrogens is 396 g/mol. The third kappa shape index (κ3) is 4.06. The van der Waals surface area contributed by atoms with Gasteiger partial charge in [-0.05, 0) is 49.7 Å². The molecule has 8 nitrogen and oxygen atoms in total. The maximum atomic E-state index is 13.2. The fraction of sp³-hybridized carbons (Fsp3) is 0.304. The highest BCUT2D eigenvalue weighted by Gasteiger charge is 2.40. The quantitative estimate of drug-likeness (QED) is 0.446. The molecule has 1 aromatic heterocycles. The minimum atomic E-state index is -0.665. The summed E-state index contributed by atoms with van der Waals surface area (Å²) in [6.45, 7) is 2.50. The summed E-state index contributed by atoms with van der Waals surface area (Å²) in [4.78, 5) is 43.6. The van der Waals surface area contributed by atoms with Gasteiger partial charge in [-0.3, -0.25) is 23.9 Å². The van der Waals surface area contributed by atoms with E-state index in [0.29, 0.717) is 36.8 Å². The lowest BCUT2D eigenvalue weighted by Gasteiger charge is -2.15. The Morgan fingerprint density at radius 2 is 1.87 bits per heavy atom. The minimum Gasteiger partial charge on any atom is -0.385 e. The van der Waals surface area contributed by atoms with Gasteiger partial charge in [0.05, 0.1) is 17.5 Å².